The lowest BCUT2D eigenvalue weighted by Gasteiger charge is -2.33. The first-order chi connectivity index (χ1) is 7.07. The highest BCUT2D eigenvalue weighted by atomic mass is 19.3. The molecule has 0 radical (unpaired) electrons. The van der Waals surface area contributed by atoms with Crippen LogP contribution < -0.4 is 0 Å². The maximum atomic E-state index is 12.5. The van der Waals surface area contributed by atoms with Crippen molar-refractivity contribution < 1.29 is 18.3 Å². The molecule has 2 rings (SSSR count). The Kier molecular flexibility index (Phi) is 2.50. The Morgan fingerprint density at radius 2 is 2.20 bits per heavy atom. The largest absolute Gasteiger partial charge is 0.442 e. The van der Waals surface area contributed by atoms with Gasteiger partial charge in [-0.2, -0.15) is 0 Å². The van der Waals surface area contributed by atoms with E-state index in [9.17, 15) is 13.9 Å². The van der Waals surface area contributed by atoms with E-state index in [1.165, 1.54) is 0 Å². The number of halogens is 2. The van der Waals surface area contributed by atoms with Gasteiger partial charge in [0.15, 0.2) is 0 Å². The SMILES string of the molecule is CCc1oc(C2(O)CCC2)nc1C(F)F. The lowest BCUT2D eigenvalue weighted by atomic mass is 9.80. The van der Waals surface area contributed by atoms with E-state index in [-0.39, 0.29) is 17.3 Å². The average Bonchev–Trinajstić information content (AvgIpc) is 2.58. The molecule has 0 amide bonds. The van der Waals surface area contributed by atoms with E-state index in [0.29, 0.717) is 19.3 Å². The topological polar surface area (TPSA) is 46.3 Å². The standard InChI is InChI=1S/C10H13F2NO2/c1-2-6-7(8(11)12)13-9(15-6)10(14)4-3-5-10/h8,14H,2-5H2,1H3. The molecule has 1 fully saturated rings. The van der Waals surface area contributed by atoms with Crippen molar-refractivity contribution in [3.8, 4) is 0 Å². The van der Waals surface area contributed by atoms with E-state index < -0.39 is 12.0 Å². The van der Waals surface area contributed by atoms with Crippen molar-refractivity contribution in [2.75, 3.05) is 0 Å². The Morgan fingerprint density at radius 3 is 2.53 bits per heavy atom. The second-order valence-electron chi connectivity index (χ2n) is 3.87. The Hall–Kier alpha value is -0.970. The number of alkyl halides is 2. The van der Waals surface area contributed by atoms with Gasteiger partial charge in [0.25, 0.3) is 6.43 Å². The van der Waals surface area contributed by atoms with Gasteiger partial charge in [0.05, 0.1) is 0 Å². The van der Waals surface area contributed by atoms with Crippen LogP contribution in [-0.2, 0) is 12.0 Å². The number of rotatable bonds is 3. The molecule has 1 aliphatic carbocycles. The maximum Gasteiger partial charge on any atom is 0.283 e. The van der Waals surface area contributed by atoms with Gasteiger partial charge in [-0.3, -0.25) is 0 Å². The summed E-state index contributed by atoms with van der Waals surface area (Å²) in [5.74, 6) is 0.237. The number of aromatic nitrogens is 1. The zero-order valence-electron chi connectivity index (χ0n) is 8.46. The van der Waals surface area contributed by atoms with E-state index in [2.05, 4.69) is 4.98 Å². The highest BCUT2D eigenvalue weighted by Crippen LogP contribution is 2.41. The van der Waals surface area contributed by atoms with Crippen molar-refractivity contribution in [1.29, 1.82) is 0 Å². The summed E-state index contributed by atoms with van der Waals surface area (Å²) in [6.07, 6.45) is -0.313. The molecule has 15 heavy (non-hydrogen) atoms. The molecule has 0 spiro atoms. The van der Waals surface area contributed by atoms with E-state index in [0.717, 1.165) is 6.42 Å². The number of nitrogens with zero attached hydrogens (tertiary/aromatic N) is 1. The summed E-state index contributed by atoms with van der Waals surface area (Å²) in [5, 5.41) is 9.90. The molecule has 1 N–H and O–H groups in total. The van der Waals surface area contributed by atoms with Crippen molar-refractivity contribution >= 4 is 0 Å². The highest BCUT2D eigenvalue weighted by Gasteiger charge is 2.42. The Labute approximate surface area is 86.1 Å². The van der Waals surface area contributed by atoms with E-state index in [1.807, 2.05) is 0 Å². The molecule has 0 bridgehead atoms. The first-order valence-corrected chi connectivity index (χ1v) is 5.07. The molecule has 1 aromatic heterocycles. The first kappa shape index (κ1) is 10.5. The Morgan fingerprint density at radius 1 is 1.53 bits per heavy atom. The van der Waals surface area contributed by atoms with E-state index in [4.69, 9.17) is 4.42 Å². The molecule has 1 saturated carbocycles. The summed E-state index contributed by atoms with van der Waals surface area (Å²) in [6, 6.07) is 0. The van der Waals surface area contributed by atoms with E-state index >= 15 is 0 Å². The molecule has 0 saturated heterocycles. The van der Waals surface area contributed by atoms with Gasteiger partial charge in [-0.25, -0.2) is 13.8 Å². The molecule has 1 aliphatic rings. The third kappa shape index (κ3) is 1.65. The fourth-order valence-electron chi connectivity index (χ4n) is 1.71. The van der Waals surface area contributed by atoms with Crippen molar-refractivity contribution in [3.63, 3.8) is 0 Å². The van der Waals surface area contributed by atoms with Crippen LogP contribution in [0.25, 0.3) is 0 Å². The molecule has 0 atom stereocenters. The van der Waals surface area contributed by atoms with Crippen LogP contribution in [0, 0.1) is 0 Å². The van der Waals surface area contributed by atoms with Crippen LogP contribution in [0.4, 0.5) is 8.78 Å². The average molecular weight is 217 g/mol. The van der Waals surface area contributed by atoms with Crippen LogP contribution in [0.15, 0.2) is 4.42 Å². The zero-order chi connectivity index (χ0) is 11.1. The minimum Gasteiger partial charge on any atom is -0.442 e. The van der Waals surface area contributed by atoms with E-state index in [1.54, 1.807) is 6.92 Å². The minimum absolute atomic E-state index is 0.0564. The normalized spacial score (nSPS) is 19.3. The number of aryl methyl sites for hydroxylation is 1. The molecular formula is C10H13F2NO2. The number of hydrogen-bond acceptors (Lipinski definition) is 3. The summed E-state index contributed by atoms with van der Waals surface area (Å²) in [7, 11) is 0. The molecule has 0 unspecified atom stereocenters. The smallest absolute Gasteiger partial charge is 0.283 e. The molecule has 84 valence electrons. The monoisotopic (exact) mass is 217 g/mol. The zero-order valence-corrected chi connectivity index (χ0v) is 8.46. The number of oxazole rings is 1. The summed E-state index contributed by atoms with van der Waals surface area (Å²) in [4.78, 5) is 3.71. The van der Waals surface area contributed by atoms with Gasteiger partial charge < -0.3 is 9.52 Å². The number of hydrogen-bond donors (Lipinski definition) is 1. The molecular weight excluding hydrogens is 204 g/mol. The van der Waals surface area contributed by atoms with Crippen LogP contribution in [0.2, 0.25) is 0 Å². The van der Waals surface area contributed by atoms with Crippen molar-refractivity contribution in [2.45, 2.75) is 44.6 Å². The molecule has 1 aromatic rings. The molecule has 1 heterocycles. The minimum atomic E-state index is -2.64. The quantitative estimate of drug-likeness (QED) is 0.846. The lowest BCUT2D eigenvalue weighted by molar-refractivity contribution is -0.0617. The summed E-state index contributed by atoms with van der Waals surface area (Å²) in [6.45, 7) is 1.72. The maximum absolute atomic E-state index is 12.5. The van der Waals surface area contributed by atoms with Gasteiger partial charge in [0, 0.05) is 6.42 Å². The van der Waals surface area contributed by atoms with Gasteiger partial charge in [-0.15, -0.1) is 0 Å². The van der Waals surface area contributed by atoms with Crippen LogP contribution in [0.5, 0.6) is 0 Å². The lowest BCUT2D eigenvalue weighted by Crippen LogP contribution is -2.34. The Balaban J connectivity index is 2.34. The highest BCUT2D eigenvalue weighted by molar-refractivity contribution is 5.15. The molecule has 5 heteroatoms. The second-order valence-corrected chi connectivity index (χ2v) is 3.87. The summed E-state index contributed by atoms with van der Waals surface area (Å²) >= 11 is 0. The van der Waals surface area contributed by atoms with Crippen molar-refractivity contribution in [1.82, 2.24) is 4.98 Å². The molecule has 0 aliphatic heterocycles. The fourth-order valence-corrected chi connectivity index (χ4v) is 1.71. The van der Waals surface area contributed by atoms with Crippen molar-refractivity contribution in [2.24, 2.45) is 0 Å². The predicted octanol–water partition coefficient (Wildman–Crippen LogP) is 2.55. The van der Waals surface area contributed by atoms with Gasteiger partial charge in [0.2, 0.25) is 5.89 Å². The first-order valence-electron chi connectivity index (χ1n) is 5.07. The van der Waals surface area contributed by atoms with Crippen molar-refractivity contribution in [3.05, 3.63) is 17.3 Å². The van der Waals surface area contributed by atoms with Crippen LogP contribution in [0.1, 0.15) is 50.0 Å². The van der Waals surface area contributed by atoms with Gasteiger partial charge in [-0.1, -0.05) is 6.92 Å². The molecule has 0 aromatic carbocycles. The van der Waals surface area contributed by atoms with Crippen LogP contribution in [-0.4, -0.2) is 10.1 Å². The van der Waals surface area contributed by atoms with Gasteiger partial charge in [0.1, 0.15) is 17.1 Å². The fraction of sp³-hybridized carbons (Fsp3) is 0.700. The predicted molar refractivity (Wildman–Crippen MR) is 48.6 cm³/mol. The number of aliphatic hydroxyl groups is 1. The summed E-state index contributed by atoms with van der Waals surface area (Å²) < 4.78 is 30.3. The second kappa shape index (κ2) is 3.56. The van der Waals surface area contributed by atoms with Gasteiger partial charge in [-0.05, 0) is 19.3 Å². The van der Waals surface area contributed by atoms with Crippen LogP contribution in [0.3, 0.4) is 0 Å². The van der Waals surface area contributed by atoms with Gasteiger partial charge >= 0.3 is 0 Å². The Bertz CT molecular complexity index is 358. The van der Waals surface area contributed by atoms with Crippen LogP contribution >= 0.6 is 0 Å². The third-order valence-corrected chi connectivity index (χ3v) is 2.83. The third-order valence-electron chi connectivity index (χ3n) is 2.83. The molecule has 3 nitrogen and oxygen atoms in total. The summed E-state index contributed by atoms with van der Waals surface area (Å²) in [5.41, 5.74) is -1.43.